The maximum atomic E-state index is 11.9. The number of benzene rings is 1. The average Bonchev–Trinajstić information content (AvgIpc) is 2.94. The molecule has 1 heterocycles. The van der Waals surface area contributed by atoms with E-state index in [0.717, 1.165) is 37.3 Å². The molecule has 1 fully saturated rings. The molecule has 1 atom stereocenters. The van der Waals surface area contributed by atoms with Gasteiger partial charge in [0.25, 0.3) is 0 Å². The Morgan fingerprint density at radius 1 is 1.35 bits per heavy atom. The Hall–Kier alpha value is -1.39. The zero-order valence-electron chi connectivity index (χ0n) is 12.3. The number of hydrogen-bond acceptors (Lipinski definition) is 3. The Morgan fingerprint density at radius 3 is 2.65 bits per heavy atom. The minimum atomic E-state index is 0.112. The molecule has 110 valence electrons. The standard InChI is InChI=1S/C16H25N3O/c1-2-19-8-7-15(12-19)11-18-16(20)9-13-3-5-14(10-17)6-4-13/h3-6,15H,2,7-12,17H2,1H3,(H,18,20). The van der Waals surface area contributed by atoms with Crippen LogP contribution < -0.4 is 11.1 Å². The van der Waals surface area contributed by atoms with Gasteiger partial charge in [-0.1, -0.05) is 31.2 Å². The van der Waals surface area contributed by atoms with Gasteiger partial charge in [0.2, 0.25) is 5.91 Å². The summed E-state index contributed by atoms with van der Waals surface area (Å²) >= 11 is 0. The average molecular weight is 275 g/mol. The highest BCUT2D eigenvalue weighted by Crippen LogP contribution is 2.14. The molecule has 4 nitrogen and oxygen atoms in total. The van der Waals surface area contributed by atoms with Gasteiger partial charge in [0.1, 0.15) is 0 Å². The van der Waals surface area contributed by atoms with Crippen LogP contribution in [0.25, 0.3) is 0 Å². The van der Waals surface area contributed by atoms with Gasteiger partial charge >= 0.3 is 0 Å². The van der Waals surface area contributed by atoms with E-state index in [2.05, 4.69) is 17.1 Å². The Bertz CT molecular complexity index is 430. The van der Waals surface area contributed by atoms with Gasteiger partial charge in [0.05, 0.1) is 6.42 Å². The first kappa shape index (κ1) is 15.0. The number of likely N-dealkylation sites (tertiary alicyclic amines) is 1. The molecule has 1 aliphatic rings. The van der Waals surface area contributed by atoms with Crippen LogP contribution in [0.5, 0.6) is 0 Å². The summed E-state index contributed by atoms with van der Waals surface area (Å²) in [5.74, 6) is 0.721. The van der Waals surface area contributed by atoms with Crippen molar-refractivity contribution in [2.45, 2.75) is 26.3 Å². The van der Waals surface area contributed by atoms with Gasteiger partial charge in [0.15, 0.2) is 0 Å². The van der Waals surface area contributed by atoms with Crippen LogP contribution in [-0.2, 0) is 17.8 Å². The first-order valence-electron chi connectivity index (χ1n) is 7.48. The van der Waals surface area contributed by atoms with Crippen LogP contribution >= 0.6 is 0 Å². The summed E-state index contributed by atoms with van der Waals surface area (Å²) in [7, 11) is 0. The lowest BCUT2D eigenvalue weighted by Crippen LogP contribution is -2.32. The van der Waals surface area contributed by atoms with E-state index in [0.29, 0.717) is 18.9 Å². The van der Waals surface area contributed by atoms with Crippen LogP contribution in [0.1, 0.15) is 24.5 Å². The zero-order valence-corrected chi connectivity index (χ0v) is 12.3. The highest BCUT2D eigenvalue weighted by atomic mass is 16.1. The summed E-state index contributed by atoms with van der Waals surface area (Å²) in [5, 5.41) is 3.06. The topological polar surface area (TPSA) is 58.4 Å². The first-order valence-corrected chi connectivity index (χ1v) is 7.48. The van der Waals surface area contributed by atoms with Crippen molar-refractivity contribution in [1.82, 2.24) is 10.2 Å². The lowest BCUT2D eigenvalue weighted by atomic mass is 10.1. The maximum Gasteiger partial charge on any atom is 0.224 e. The van der Waals surface area contributed by atoms with Gasteiger partial charge in [-0.15, -0.1) is 0 Å². The van der Waals surface area contributed by atoms with Gasteiger partial charge < -0.3 is 16.0 Å². The molecule has 1 saturated heterocycles. The SMILES string of the molecule is CCN1CCC(CNC(=O)Cc2ccc(CN)cc2)C1. The molecule has 1 amide bonds. The Morgan fingerprint density at radius 2 is 2.05 bits per heavy atom. The molecule has 4 heteroatoms. The monoisotopic (exact) mass is 275 g/mol. The second-order valence-electron chi connectivity index (χ2n) is 5.55. The summed E-state index contributed by atoms with van der Waals surface area (Å²) in [6.07, 6.45) is 1.65. The number of nitrogens with zero attached hydrogens (tertiary/aromatic N) is 1. The van der Waals surface area contributed by atoms with Crippen molar-refractivity contribution in [1.29, 1.82) is 0 Å². The van der Waals surface area contributed by atoms with E-state index in [1.54, 1.807) is 0 Å². The largest absolute Gasteiger partial charge is 0.355 e. The highest BCUT2D eigenvalue weighted by Gasteiger charge is 2.21. The Labute approximate surface area is 121 Å². The van der Waals surface area contributed by atoms with Gasteiger partial charge in [-0.2, -0.15) is 0 Å². The summed E-state index contributed by atoms with van der Waals surface area (Å²) in [4.78, 5) is 14.4. The molecule has 0 spiro atoms. The fraction of sp³-hybridized carbons (Fsp3) is 0.562. The molecule has 3 N–H and O–H groups in total. The third-order valence-electron chi connectivity index (χ3n) is 4.03. The Balaban J connectivity index is 1.72. The van der Waals surface area contributed by atoms with Crippen molar-refractivity contribution >= 4 is 5.91 Å². The summed E-state index contributed by atoms with van der Waals surface area (Å²) < 4.78 is 0. The summed E-state index contributed by atoms with van der Waals surface area (Å²) in [6.45, 7) is 6.92. The minimum absolute atomic E-state index is 0.112. The van der Waals surface area contributed by atoms with Crippen molar-refractivity contribution in [3.63, 3.8) is 0 Å². The molecule has 1 aliphatic heterocycles. The normalized spacial score (nSPS) is 19.2. The van der Waals surface area contributed by atoms with Crippen LogP contribution in [-0.4, -0.2) is 37.0 Å². The van der Waals surface area contributed by atoms with Crippen molar-refractivity contribution in [2.24, 2.45) is 11.7 Å². The van der Waals surface area contributed by atoms with Crippen LogP contribution in [0.15, 0.2) is 24.3 Å². The van der Waals surface area contributed by atoms with Gasteiger partial charge in [-0.05, 0) is 36.6 Å². The fourth-order valence-electron chi connectivity index (χ4n) is 2.67. The smallest absolute Gasteiger partial charge is 0.224 e. The maximum absolute atomic E-state index is 11.9. The van der Waals surface area contributed by atoms with Crippen LogP contribution in [0.2, 0.25) is 0 Å². The molecule has 2 rings (SSSR count). The molecule has 0 bridgehead atoms. The molecular formula is C16H25N3O. The minimum Gasteiger partial charge on any atom is -0.355 e. The van der Waals surface area contributed by atoms with E-state index in [1.807, 2.05) is 24.3 Å². The van der Waals surface area contributed by atoms with E-state index in [4.69, 9.17) is 5.73 Å². The van der Waals surface area contributed by atoms with Crippen molar-refractivity contribution in [2.75, 3.05) is 26.2 Å². The third kappa shape index (κ3) is 4.32. The number of nitrogens with two attached hydrogens (primary N) is 1. The molecule has 0 aromatic heterocycles. The van der Waals surface area contributed by atoms with Crippen molar-refractivity contribution in [3.05, 3.63) is 35.4 Å². The number of carbonyl (C=O) groups excluding carboxylic acids is 1. The predicted molar refractivity (Wildman–Crippen MR) is 81.3 cm³/mol. The van der Waals surface area contributed by atoms with E-state index >= 15 is 0 Å². The second-order valence-corrected chi connectivity index (χ2v) is 5.55. The number of nitrogens with one attached hydrogen (secondary N) is 1. The van der Waals surface area contributed by atoms with Gasteiger partial charge in [-0.25, -0.2) is 0 Å². The summed E-state index contributed by atoms with van der Waals surface area (Å²) in [5.41, 5.74) is 7.70. The van der Waals surface area contributed by atoms with E-state index in [9.17, 15) is 4.79 Å². The molecule has 1 aromatic rings. The molecule has 0 saturated carbocycles. The summed E-state index contributed by atoms with van der Waals surface area (Å²) in [6, 6.07) is 7.93. The van der Waals surface area contributed by atoms with Crippen molar-refractivity contribution < 1.29 is 4.79 Å². The van der Waals surface area contributed by atoms with E-state index in [-0.39, 0.29) is 5.91 Å². The third-order valence-corrected chi connectivity index (χ3v) is 4.03. The Kier molecular flexibility index (Phi) is 5.56. The second kappa shape index (κ2) is 7.41. The van der Waals surface area contributed by atoms with Crippen LogP contribution in [0, 0.1) is 5.92 Å². The van der Waals surface area contributed by atoms with Crippen LogP contribution in [0.4, 0.5) is 0 Å². The molecular weight excluding hydrogens is 250 g/mol. The fourth-order valence-corrected chi connectivity index (χ4v) is 2.67. The lowest BCUT2D eigenvalue weighted by Gasteiger charge is -2.13. The number of carbonyl (C=O) groups is 1. The van der Waals surface area contributed by atoms with E-state index in [1.165, 1.54) is 6.42 Å². The number of amides is 1. The van der Waals surface area contributed by atoms with E-state index < -0.39 is 0 Å². The van der Waals surface area contributed by atoms with Crippen LogP contribution in [0.3, 0.4) is 0 Å². The molecule has 20 heavy (non-hydrogen) atoms. The molecule has 1 unspecified atom stereocenters. The highest BCUT2D eigenvalue weighted by molar-refractivity contribution is 5.78. The number of hydrogen-bond donors (Lipinski definition) is 2. The number of rotatable bonds is 6. The first-order chi connectivity index (χ1) is 9.71. The van der Waals surface area contributed by atoms with Crippen molar-refractivity contribution in [3.8, 4) is 0 Å². The predicted octanol–water partition coefficient (Wildman–Crippen LogP) is 1.15. The quantitative estimate of drug-likeness (QED) is 0.818. The molecule has 1 aromatic carbocycles. The van der Waals surface area contributed by atoms with Gasteiger partial charge in [-0.3, -0.25) is 4.79 Å². The van der Waals surface area contributed by atoms with Gasteiger partial charge in [0, 0.05) is 19.6 Å². The lowest BCUT2D eigenvalue weighted by molar-refractivity contribution is -0.120. The molecule has 0 aliphatic carbocycles. The zero-order chi connectivity index (χ0) is 14.4. The molecule has 0 radical (unpaired) electrons.